The molecule has 0 atom stereocenters. The molecule has 0 saturated heterocycles. The number of sulfonamides is 1. The van der Waals surface area contributed by atoms with Crippen molar-refractivity contribution in [2.45, 2.75) is 45.6 Å². The number of nitrogens with zero attached hydrogens (tertiary/aromatic N) is 2. The molecule has 1 aromatic heterocycles. The zero-order valence-corrected chi connectivity index (χ0v) is 21.4. The van der Waals surface area contributed by atoms with E-state index in [0.29, 0.717) is 30.8 Å². The first kappa shape index (κ1) is 27.5. The summed E-state index contributed by atoms with van der Waals surface area (Å²) in [6.45, 7) is 9.20. The van der Waals surface area contributed by atoms with E-state index in [1.165, 1.54) is 28.6 Å². The minimum Gasteiger partial charge on any atom is -0.454 e. The van der Waals surface area contributed by atoms with Gasteiger partial charge >= 0.3 is 5.97 Å². The lowest BCUT2D eigenvalue weighted by Gasteiger charge is -2.18. The SMILES string of the molecule is CCN(CC)S(=O)(=O)c1ccc(/C=C/C(=O)OCC(=O)c2cc(C)n(CCCOC)c2C)cc1. The Hall–Kier alpha value is -2.75. The highest BCUT2D eigenvalue weighted by atomic mass is 32.2. The molecule has 0 aliphatic carbocycles. The first-order chi connectivity index (χ1) is 16.1. The van der Waals surface area contributed by atoms with E-state index in [1.54, 1.807) is 33.1 Å². The summed E-state index contributed by atoms with van der Waals surface area (Å²) in [7, 11) is -1.88. The van der Waals surface area contributed by atoms with E-state index >= 15 is 0 Å². The highest BCUT2D eigenvalue weighted by molar-refractivity contribution is 7.89. The molecule has 0 aliphatic heterocycles. The molecule has 186 valence electrons. The van der Waals surface area contributed by atoms with Gasteiger partial charge in [-0.15, -0.1) is 0 Å². The lowest BCUT2D eigenvalue weighted by atomic mass is 10.1. The standard InChI is InChI=1S/C25H34N2O6S/c1-6-26(7-2)34(30,31)22-12-9-21(10-13-22)11-14-25(29)33-18-24(28)23-17-19(3)27(20(23)4)15-8-16-32-5/h9-14,17H,6-8,15-16,18H2,1-5H3/b14-11+. The molecule has 34 heavy (non-hydrogen) atoms. The van der Waals surface area contributed by atoms with Gasteiger partial charge in [-0.05, 0) is 50.1 Å². The molecule has 0 saturated carbocycles. The third-order valence-electron chi connectivity index (χ3n) is 5.58. The summed E-state index contributed by atoms with van der Waals surface area (Å²) in [5.74, 6) is -0.916. The van der Waals surface area contributed by atoms with E-state index in [4.69, 9.17) is 9.47 Å². The fourth-order valence-electron chi connectivity index (χ4n) is 3.68. The van der Waals surface area contributed by atoms with Gasteiger partial charge in [-0.2, -0.15) is 4.31 Å². The summed E-state index contributed by atoms with van der Waals surface area (Å²) in [6.07, 6.45) is 3.57. The zero-order chi connectivity index (χ0) is 25.3. The quantitative estimate of drug-likeness (QED) is 0.184. The van der Waals surface area contributed by atoms with E-state index in [9.17, 15) is 18.0 Å². The van der Waals surface area contributed by atoms with Crippen LogP contribution in [0.2, 0.25) is 0 Å². The van der Waals surface area contributed by atoms with Crippen LogP contribution in [0.1, 0.15) is 47.6 Å². The summed E-state index contributed by atoms with van der Waals surface area (Å²) >= 11 is 0. The van der Waals surface area contributed by atoms with Crippen LogP contribution in [0.25, 0.3) is 6.08 Å². The lowest BCUT2D eigenvalue weighted by molar-refractivity contribution is -0.136. The molecule has 0 spiro atoms. The molecule has 0 fully saturated rings. The first-order valence-electron chi connectivity index (χ1n) is 11.3. The minimum absolute atomic E-state index is 0.196. The number of aryl methyl sites for hydroxylation is 1. The van der Waals surface area contributed by atoms with Crippen molar-refractivity contribution in [3.8, 4) is 0 Å². The number of rotatable bonds is 13. The molecule has 1 aromatic carbocycles. The van der Waals surface area contributed by atoms with Crippen LogP contribution in [0, 0.1) is 13.8 Å². The molecule has 1 heterocycles. The van der Waals surface area contributed by atoms with Gasteiger partial charge in [0.25, 0.3) is 0 Å². The average molecular weight is 491 g/mol. The number of Topliss-reactive ketones (excluding diaryl/α,β-unsaturated/α-hetero) is 1. The summed E-state index contributed by atoms with van der Waals surface area (Å²) in [5, 5.41) is 0. The first-order valence-corrected chi connectivity index (χ1v) is 12.7. The van der Waals surface area contributed by atoms with Crippen LogP contribution in [-0.2, 0) is 30.8 Å². The fraction of sp³-hybridized carbons (Fsp3) is 0.440. The van der Waals surface area contributed by atoms with Crippen LogP contribution in [0.3, 0.4) is 0 Å². The number of hydrogen-bond donors (Lipinski definition) is 0. The van der Waals surface area contributed by atoms with Gasteiger partial charge < -0.3 is 14.0 Å². The number of carbonyl (C=O) groups is 2. The van der Waals surface area contributed by atoms with Crippen molar-refractivity contribution in [1.29, 1.82) is 0 Å². The highest BCUT2D eigenvalue weighted by Crippen LogP contribution is 2.18. The van der Waals surface area contributed by atoms with Crippen LogP contribution >= 0.6 is 0 Å². The Balaban J connectivity index is 1.96. The Labute approximate surface area is 202 Å². The van der Waals surface area contributed by atoms with E-state index in [1.807, 2.05) is 19.9 Å². The number of hydrogen-bond acceptors (Lipinski definition) is 6. The molecule has 0 bridgehead atoms. The molecular weight excluding hydrogens is 456 g/mol. The Morgan fingerprint density at radius 2 is 1.74 bits per heavy atom. The largest absolute Gasteiger partial charge is 0.454 e. The van der Waals surface area contributed by atoms with Crippen molar-refractivity contribution >= 4 is 27.9 Å². The number of ether oxygens (including phenoxy) is 2. The molecule has 2 rings (SSSR count). The molecule has 8 nitrogen and oxygen atoms in total. The fourth-order valence-corrected chi connectivity index (χ4v) is 5.14. The van der Waals surface area contributed by atoms with Crippen LogP contribution in [0.15, 0.2) is 41.3 Å². The maximum absolute atomic E-state index is 12.6. The summed E-state index contributed by atoms with van der Waals surface area (Å²) in [5.41, 5.74) is 2.98. The van der Waals surface area contributed by atoms with E-state index < -0.39 is 16.0 Å². The van der Waals surface area contributed by atoms with Gasteiger partial charge in [0.05, 0.1) is 4.90 Å². The zero-order valence-electron chi connectivity index (χ0n) is 20.5. The number of methoxy groups -OCH3 is 1. The molecule has 0 N–H and O–H groups in total. The predicted molar refractivity (Wildman–Crippen MR) is 131 cm³/mol. The van der Waals surface area contributed by atoms with Gasteiger partial charge in [-0.1, -0.05) is 26.0 Å². The van der Waals surface area contributed by atoms with Gasteiger partial charge in [0.1, 0.15) is 0 Å². The number of carbonyl (C=O) groups excluding carboxylic acids is 2. The minimum atomic E-state index is -3.53. The molecular formula is C25H34N2O6S. The van der Waals surface area contributed by atoms with Crippen LogP contribution in [0.4, 0.5) is 0 Å². The van der Waals surface area contributed by atoms with Gasteiger partial charge in [-0.25, -0.2) is 13.2 Å². The second-order valence-electron chi connectivity index (χ2n) is 7.81. The van der Waals surface area contributed by atoms with Gasteiger partial charge in [-0.3, -0.25) is 4.79 Å². The number of ketones is 1. The van der Waals surface area contributed by atoms with Gasteiger partial charge in [0.15, 0.2) is 6.61 Å². The van der Waals surface area contributed by atoms with Crippen molar-refractivity contribution in [3.63, 3.8) is 0 Å². The van der Waals surface area contributed by atoms with Crippen LogP contribution in [0.5, 0.6) is 0 Å². The molecule has 0 amide bonds. The number of esters is 1. The van der Waals surface area contributed by atoms with Crippen molar-refractivity contribution in [2.75, 3.05) is 33.4 Å². The maximum atomic E-state index is 12.6. The Morgan fingerprint density at radius 3 is 2.32 bits per heavy atom. The predicted octanol–water partition coefficient (Wildman–Crippen LogP) is 3.61. The Kier molecular flexibility index (Phi) is 10.2. The average Bonchev–Trinajstić information content (AvgIpc) is 3.10. The van der Waals surface area contributed by atoms with Crippen LogP contribution in [-0.4, -0.2) is 62.5 Å². The summed E-state index contributed by atoms with van der Waals surface area (Å²) in [6, 6.07) is 8.05. The second kappa shape index (κ2) is 12.6. The van der Waals surface area contributed by atoms with Gasteiger partial charge in [0, 0.05) is 56.4 Å². The summed E-state index contributed by atoms with van der Waals surface area (Å²) in [4.78, 5) is 24.9. The van der Waals surface area contributed by atoms with E-state index in [0.717, 1.165) is 24.4 Å². The monoisotopic (exact) mass is 490 g/mol. The third-order valence-corrected chi connectivity index (χ3v) is 7.65. The second-order valence-corrected chi connectivity index (χ2v) is 9.74. The lowest BCUT2D eigenvalue weighted by Crippen LogP contribution is -2.30. The molecule has 9 heteroatoms. The van der Waals surface area contributed by atoms with E-state index in [-0.39, 0.29) is 17.3 Å². The number of benzene rings is 1. The maximum Gasteiger partial charge on any atom is 0.331 e. The van der Waals surface area contributed by atoms with E-state index in [2.05, 4.69) is 4.57 Å². The molecule has 0 aliphatic rings. The van der Waals surface area contributed by atoms with Crippen LogP contribution < -0.4 is 0 Å². The molecule has 2 aromatic rings. The smallest absolute Gasteiger partial charge is 0.331 e. The Bertz CT molecular complexity index is 1110. The van der Waals surface area contributed by atoms with Crippen molar-refractivity contribution in [2.24, 2.45) is 0 Å². The summed E-state index contributed by atoms with van der Waals surface area (Å²) < 4.78 is 38.7. The number of aromatic nitrogens is 1. The van der Waals surface area contributed by atoms with Gasteiger partial charge in [0.2, 0.25) is 15.8 Å². The molecule has 0 radical (unpaired) electrons. The normalized spacial score (nSPS) is 11.9. The third kappa shape index (κ3) is 6.88. The molecule has 0 unspecified atom stereocenters. The highest BCUT2D eigenvalue weighted by Gasteiger charge is 2.21. The Morgan fingerprint density at radius 1 is 1.09 bits per heavy atom. The van der Waals surface area contributed by atoms with Crippen molar-refractivity contribution in [1.82, 2.24) is 8.87 Å². The van der Waals surface area contributed by atoms with Crippen molar-refractivity contribution in [3.05, 3.63) is 58.9 Å². The topological polar surface area (TPSA) is 94.9 Å². The van der Waals surface area contributed by atoms with Crippen molar-refractivity contribution < 1.29 is 27.5 Å².